The molecule has 2 N–H and O–H groups in total. The van der Waals surface area contributed by atoms with Crippen molar-refractivity contribution in [3.63, 3.8) is 0 Å². The van der Waals surface area contributed by atoms with E-state index in [4.69, 9.17) is 16.7 Å². The van der Waals surface area contributed by atoms with Crippen LogP contribution < -0.4 is 5.32 Å². The molecule has 6 nitrogen and oxygen atoms in total. The summed E-state index contributed by atoms with van der Waals surface area (Å²) in [6.45, 7) is 6.01. The number of halogens is 2. The maximum Gasteiger partial charge on any atom is 0.223 e. The summed E-state index contributed by atoms with van der Waals surface area (Å²) >= 11 is 6.39. The van der Waals surface area contributed by atoms with Gasteiger partial charge in [0.1, 0.15) is 11.3 Å². The Bertz CT molecular complexity index is 1010. The Morgan fingerprint density at radius 3 is 2.53 bits per heavy atom. The molecule has 1 aliphatic rings. The van der Waals surface area contributed by atoms with Crippen LogP contribution in [0.4, 0.5) is 10.3 Å². The smallest absolute Gasteiger partial charge is 0.223 e. The Balaban J connectivity index is 0.00000124. The summed E-state index contributed by atoms with van der Waals surface area (Å²) in [5, 5.41) is 10.8. The van der Waals surface area contributed by atoms with Crippen molar-refractivity contribution in [1.29, 1.82) is 0 Å². The molecule has 3 aromatic rings. The topological polar surface area (TPSA) is 75.9 Å². The van der Waals surface area contributed by atoms with E-state index in [1.165, 1.54) is 25.3 Å². The second kappa shape index (κ2) is 9.71. The van der Waals surface area contributed by atoms with Crippen LogP contribution in [0.5, 0.6) is 0 Å². The predicted molar refractivity (Wildman–Crippen MR) is 119 cm³/mol. The Kier molecular flexibility index (Phi) is 7.26. The van der Waals surface area contributed by atoms with Crippen molar-refractivity contribution in [2.75, 3.05) is 12.4 Å². The molecule has 0 radical (unpaired) electrons. The van der Waals surface area contributed by atoms with Gasteiger partial charge in [-0.3, -0.25) is 0 Å². The van der Waals surface area contributed by atoms with Crippen LogP contribution in [0.2, 0.25) is 5.02 Å². The number of nitrogens with one attached hydrogen (secondary N) is 1. The minimum Gasteiger partial charge on any atom is -0.400 e. The van der Waals surface area contributed by atoms with Gasteiger partial charge in [0.25, 0.3) is 0 Å². The van der Waals surface area contributed by atoms with Crippen LogP contribution in [-0.4, -0.2) is 37.8 Å². The largest absolute Gasteiger partial charge is 0.400 e. The number of hydrogen-bond donors (Lipinski definition) is 2. The van der Waals surface area contributed by atoms with E-state index in [1.54, 1.807) is 6.20 Å². The van der Waals surface area contributed by atoms with Gasteiger partial charge in [0, 0.05) is 24.8 Å². The van der Waals surface area contributed by atoms with Gasteiger partial charge in [-0.05, 0) is 45.7 Å². The summed E-state index contributed by atoms with van der Waals surface area (Å²) in [7, 11) is 1.00. The summed E-state index contributed by atoms with van der Waals surface area (Å²) in [5.74, 6) is 0.960. The molecule has 1 fully saturated rings. The molecule has 0 saturated heterocycles. The van der Waals surface area contributed by atoms with E-state index in [1.807, 2.05) is 17.6 Å². The molecule has 4 rings (SSSR count). The molecule has 0 aliphatic heterocycles. The van der Waals surface area contributed by atoms with Gasteiger partial charge < -0.3 is 15.0 Å². The number of nitrogens with zero attached hydrogens (tertiary/aromatic N) is 4. The van der Waals surface area contributed by atoms with E-state index in [2.05, 4.69) is 34.1 Å². The minimum absolute atomic E-state index is 0.170. The number of hydrogen-bond acceptors (Lipinski definition) is 5. The Hall–Kier alpha value is -2.25. The zero-order chi connectivity index (χ0) is 21.8. The predicted octanol–water partition coefficient (Wildman–Crippen LogP) is 5.53. The molecule has 8 heteroatoms. The number of aliphatic hydroxyl groups is 1. The highest BCUT2D eigenvalue weighted by atomic mass is 35.5. The molecule has 30 heavy (non-hydrogen) atoms. The van der Waals surface area contributed by atoms with Crippen molar-refractivity contribution in [1.82, 2.24) is 19.5 Å². The highest BCUT2D eigenvalue weighted by Crippen LogP contribution is 2.32. The van der Waals surface area contributed by atoms with Gasteiger partial charge >= 0.3 is 0 Å². The third kappa shape index (κ3) is 4.57. The molecule has 0 bridgehead atoms. The second-order valence-corrected chi connectivity index (χ2v) is 8.23. The van der Waals surface area contributed by atoms with Crippen LogP contribution in [0, 0.1) is 12.7 Å². The van der Waals surface area contributed by atoms with E-state index in [-0.39, 0.29) is 11.9 Å². The van der Waals surface area contributed by atoms with Gasteiger partial charge in [-0.2, -0.15) is 0 Å². The Morgan fingerprint density at radius 2 is 1.87 bits per heavy atom. The average molecular weight is 434 g/mol. The fourth-order valence-corrected chi connectivity index (χ4v) is 4.33. The van der Waals surface area contributed by atoms with Crippen molar-refractivity contribution in [3.05, 3.63) is 35.0 Å². The molecule has 162 valence electrons. The van der Waals surface area contributed by atoms with E-state index in [9.17, 15) is 4.39 Å². The van der Waals surface area contributed by atoms with Gasteiger partial charge in [0.2, 0.25) is 5.95 Å². The summed E-state index contributed by atoms with van der Waals surface area (Å²) in [6, 6.07) is 3.92. The average Bonchev–Trinajstić information content (AvgIpc) is 3.08. The van der Waals surface area contributed by atoms with E-state index >= 15 is 0 Å². The van der Waals surface area contributed by atoms with E-state index in [0.717, 1.165) is 31.3 Å². The summed E-state index contributed by atoms with van der Waals surface area (Å²) in [6.07, 6.45) is 7.55. The van der Waals surface area contributed by atoms with Gasteiger partial charge in [0.15, 0.2) is 5.82 Å². The first-order chi connectivity index (χ1) is 14.4. The first-order valence-corrected chi connectivity index (χ1v) is 10.7. The highest BCUT2D eigenvalue weighted by molar-refractivity contribution is 6.33. The van der Waals surface area contributed by atoms with Crippen molar-refractivity contribution < 1.29 is 9.50 Å². The zero-order valence-electron chi connectivity index (χ0n) is 17.9. The number of benzene rings is 1. The van der Waals surface area contributed by atoms with Gasteiger partial charge in [-0.15, -0.1) is 0 Å². The molecule has 1 aliphatic carbocycles. The van der Waals surface area contributed by atoms with Crippen molar-refractivity contribution in [2.24, 2.45) is 0 Å². The zero-order valence-corrected chi connectivity index (χ0v) is 18.7. The van der Waals surface area contributed by atoms with E-state index in [0.29, 0.717) is 33.8 Å². The molecule has 0 spiro atoms. The lowest BCUT2D eigenvalue weighted by molar-refractivity contribution is 0.399. The van der Waals surface area contributed by atoms with E-state index < -0.39 is 0 Å². The van der Waals surface area contributed by atoms with Crippen LogP contribution >= 0.6 is 11.6 Å². The van der Waals surface area contributed by atoms with Crippen LogP contribution in [0.15, 0.2) is 18.3 Å². The maximum atomic E-state index is 14.8. The Labute approximate surface area is 181 Å². The van der Waals surface area contributed by atoms with Crippen LogP contribution in [0.3, 0.4) is 0 Å². The molecular weight excluding hydrogens is 405 g/mol. The Morgan fingerprint density at radius 1 is 1.17 bits per heavy atom. The first-order valence-electron chi connectivity index (χ1n) is 10.4. The van der Waals surface area contributed by atoms with Gasteiger partial charge in [-0.25, -0.2) is 19.3 Å². The third-order valence-electron chi connectivity index (χ3n) is 5.40. The number of fused-ring (bicyclic) bond motifs is 1. The molecule has 0 amide bonds. The summed E-state index contributed by atoms with van der Waals surface area (Å²) in [4.78, 5) is 13.3. The van der Waals surface area contributed by atoms with Crippen molar-refractivity contribution >= 4 is 28.6 Å². The molecule has 2 aromatic heterocycles. The molecule has 0 atom stereocenters. The first kappa shape index (κ1) is 22.4. The summed E-state index contributed by atoms with van der Waals surface area (Å²) in [5.41, 5.74) is 2.29. The lowest BCUT2D eigenvalue weighted by atomic mass is 9.96. The SMILES string of the molecule is CO.Cc1nc2c(F)cc(-c3nc(NC4CCCCC4)ncc3Cl)cc2n1C(C)C. The monoisotopic (exact) mass is 433 g/mol. The number of aryl methyl sites for hydroxylation is 1. The van der Waals surface area contributed by atoms with Crippen molar-refractivity contribution in [2.45, 2.75) is 65.0 Å². The lowest BCUT2D eigenvalue weighted by Crippen LogP contribution is -2.23. The fraction of sp³-hybridized carbons (Fsp3) is 0.500. The molecule has 1 saturated carbocycles. The number of aromatic nitrogens is 4. The number of imidazole rings is 1. The fourth-order valence-electron chi connectivity index (χ4n) is 4.13. The minimum atomic E-state index is -0.369. The second-order valence-electron chi connectivity index (χ2n) is 7.82. The molecule has 0 unspecified atom stereocenters. The third-order valence-corrected chi connectivity index (χ3v) is 5.67. The summed E-state index contributed by atoms with van der Waals surface area (Å²) < 4.78 is 16.8. The normalized spacial score (nSPS) is 14.7. The lowest BCUT2D eigenvalue weighted by Gasteiger charge is -2.22. The van der Waals surface area contributed by atoms with Gasteiger partial charge in [0.05, 0.1) is 22.4 Å². The van der Waals surface area contributed by atoms with Crippen LogP contribution in [0.1, 0.15) is 57.8 Å². The molecule has 1 aromatic carbocycles. The quantitative estimate of drug-likeness (QED) is 0.565. The number of aliphatic hydroxyl groups excluding tert-OH is 1. The maximum absolute atomic E-state index is 14.8. The standard InChI is InChI=1S/C21H25ClFN5.CH4O/c1-12(2)28-13(3)25-20-17(23)9-14(10-18(20)28)19-16(22)11-24-21(27-19)26-15-7-5-4-6-8-15;1-2/h9-12,15H,4-8H2,1-3H3,(H,24,26,27);2H,1H3. The highest BCUT2D eigenvalue weighted by Gasteiger charge is 2.19. The van der Waals surface area contributed by atoms with Crippen molar-refractivity contribution in [3.8, 4) is 11.3 Å². The van der Waals surface area contributed by atoms with Gasteiger partial charge in [-0.1, -0.05) is 30.9 Å². The molecular formula is C22H29ClFN5O. The number of rotatable bonds is 4. The number of anilines is 1. The van der Waals surface area contributed by atoms with Crippen LogP contribution in [-0.2, 0) is 0 Å². The molecule has 2 heterocycles. The van der Waals surface area contributed by atoms with Crippen LogP contribution in [0.25, 0.3) is 22.3 Å².